The van der Waals surface area contributed by atoms with Crippen molar-refractivity contribution in [1.29, 1.82) is 0 Å². The van der Waals surface area contributed by atoms with E-state index in [0.29, 0.717) is 11.1 Å². The first-order valence-electron chi connectivity index (χ1n) is 8.09. The number of hydrogen-bond acceptors (Lipinski definition) is 4. The van der Waals surface area contributed by atoms with Crippen LogP contribution in [0.25, 0.3) is 22.4 Å². The molecule has 1 aromatic heterocycles. The van der Waals surface area contributed by atoms with E-state index in [9.17, 15) is 26.0 Å². The van der Waals surface area contributed by atoms with E-state index in [0.717, 1.165) is 18.2 Å². The number of primary sulfonamides is 1. The molecule has 0 bridgehead atoms. The number of nitrogens with two attached hydrogens (primary N) is 1. The van der Waals surface area contributed by atoms with Gasteiger partial charge in [-0.3, -0.25) is 4.98 Å². The summed E-state index contributed by atoms with van der Waals surface area (Å²) in [6, 6.07) is 10.3. The molecule has 0 saturated carbocycles. The van der Waals surface area contributed by atoms with Crippen molar-refractivity contribution in [3.63, 3.8) is 0 Å². The predicted octanol–water partition coefficient (Wildman–Crippen LogP) is 4.41. The van der Waals surface area contributed by atoms with Crippen LogP contribution < -0.4 is 9.88 Å². The van der Waals surface area contributed by atoms with Gasteiger partial charge < -0.3 is 4.74 Å². The van der Waals surface area contributed by atoms with Gasteiger partial charge in [-0.15, -0.1) is 13.2 Å². The molecule has 1 heterocycles. The smallest absolute Gasteiger partial charge is 0.406 e. The fraction of sp³-hybridized carbons (Fsp3) is 0.105. The molecule has 5 nitrogen and oxygen atoms in total. The van der Waals surface area contributed by atoms with Crippen molar-refractivity contribution in [3.05, 3.63) is 66.1 Å². The van der Waals surface area contributed by atoms with Crippen LogP contribution in [0.2, 0.25) is 0 Å². The zero-order chi connectivity index (χ0) is 21.4. The van der Waals surface area contributed by atoms with Gasteiger partial charge in [0.25, 0.3) is 0 Å². The Bertz CT molecular complexity index is 1180. The monoisotopic (exact) mass is 426 g/mol. The summed E-state index contributed by atoms with van der Waals surface area (Å²) >= 11 is 0. The summed E-state index contributed by atoms with van der Waals surface area (Å²) in [5.74, 6) is -1.18. The van der Waals surface area contributed by atoms with Gasteiger partial charge in [0.15, 0.2) is 0 Å². The summed E-state index contributed by atoms with van der Waals surface area (Å²) in [6.07, 6.45) is -3.40. The molecule has 10 heteroatoms. The molecule has 0 aliphatic rings. The van der Waals surface area contributed by atoms with E-state index in [1.807, 2.05) is 0 Å². The molecular weight excluding hydrogens is 412 g/mol. The Kier molecular flexibility index (Phi) is 5.33. The number of pyridine rings is 1. The van der Waals surface area contributed by atoms with Crippen LogP contribution in [0.3, 0.4) is 0 Å². The maximum absolute atomic E-state index is 14.0. The molecular formula is C19H14F4N2O3S. The minimum Gasteiger partial charge on any atom is -0.406 e. The fourth-order valence-corrected chi connectivity index (χ4v) is 3.36. The number of sulfonamides is 1. The molecule has 0 fully saturated rings. The van der Waals surface area contributed by atoms with Gasteiger partial charge in [0.2, 0.25) is 10.0 Å². The zero-order valence-corrected chi connectivity index (χ0v) is 15.7. The molecule has 0 spiro atoms. The van der Waals surface area contributed by atoms with Crippen LogP contribution in [-0.4, -0.2) is 19.8 Å². The Labute approximate surface area is 163 Å². The Morgan fingerprint density at radius 1 is 1.03 bits per heavy atom. The Balaban J connectivity index is 2.12. The van der Waals surface area contributed by atoms with Crippen LogP contribution in [0.15, 0.2) is 59.6 Å². The largest absolute Gasteiger partial charge is 0.573 e. The van der Waals surface area contributed by atoms with Crippen molar-refractivity contribution in [1.82, 2.24) is 4.98 Å². The molecule has 152 valence electrons. The van der Waals surface area contributed by atoms with Crippen LogP contribution in [0.1, 0.15) is 5.56 Å². The van der Waals surface area contributed by atoms with Gasteiger partial charge in [-0.1, -0.05) is 12.1 Å². The van der Waals surface area contributed by atoms with E-state index in [4.69, 9.17) is 5.14 Å². The number of rotatable bonds is 4. The number of nitrogens with zero attached hydrogens (tertiary/aromatic N) is 1. The fourth-order valence-electron chi connectivity index (χ4n) is 2.79. The zero-order valence-electron chi connectivity index (χ0n) is 14.9. The van der Waals surface area contributed by atoms with Crippen molar-refractivity contribution in [3.8, 4) is 28.1 Å². The first-order chi connectivity index (χ1) is 13.4. The van der Waals surface area contributed by atoms with Gasteiger partial charge in [0.05, 0.1) is 10.6 Å². The lowest BCUT2D eigenvalue weighted by Gasteiger charge is -2.14. The number of alkyl halides is 3. The second-order valence-electron chi connectivity index (χ2n) is 6.15. The van der Waals surface area contributed by atoms with Crippen molar-refractivity contribution in [2.75, 3.05) is 0 Å². The molecule has 29 heavy (non-hydrogen) atoms. The second-order valence-corrected chi connectivity index (χ2v) is 7.71. The van der Waals surface area contributed by atoms with E-state index in [2.05, 4.69) is 9.72 Å². The predicted molar refractivity (Wildman–Crippen MR) is 97.9 cm³/mol. The van der Waals surface area contributed by atoms with E-state index in [1.165, 1.54) is 31.3 Å². The van der Waals surface area contributed by atoms with E-state index < -0.39 is 27.1 Å². The lowest BCUT2D eigenvalue weighted by atomic mass is 9.98. The van der Waals surface area contributed by atoms with Gasteiger partial charge in [-0.2, -0.15) is 0 Å². The highest BCUT2D eigenvalue weighted by Gasteiger charge is 2.31. The first kappa shape index (κ1) is 20.7. The summed E-state index contributed by atoms with van der Waals surface area (Å²) < 4.78 is 78.6. The lowest BCUT2D eigenvalue weighted by Crippen LogP contribution is -2.17. The lowest BCUT2D eigenvalue weighted by molar-refractivity contribution is -0.274. The second kappa shape index (κ2) is 7.45. The number of aromatic nitrogens is 1. The summed E-state index contributed by atoms with van der Waals surface area (Å²) in [7, 11) is -4.15. The van der Waals surface area contributed by atoms with Crippen LogP contribution in [-0.2, 0) is 10.0 Å². The highest BCUT2D eigenvalue weighted by atomic mass is 32.2. The number of ether oxygens (including phenoxy) is 1. The van der Waals surface area contributed by atoms with Crippen LogP contribution >= 0.6 is 0 Å². The number of halogens is 4. The Morgan fingerprint density at radius 3 is 2.38 bits per heavy atom. The maximum Gasteiger partial charge on any atom is 0.573 e. The molecule has 0 aliphatic carbocycles. The van der Waals surface area contributed by atoms with Gasteiger partial charge in [0.1, 0.15) is 11.6 Å². The van der Waals surface area contributed by atoms with Crippen molar-refractivity contribution < 1.29 is 30.7 Å². The van der Waals surface area contributed by atoms with Gasteiger partial charge >= 0.3 is 6.36 Å². The average Bonchev–Trinajstić information content (AvgIpc) is 2.61. The van der Waals surface area contributed by atoms with Gasteiger partial charge in [-0.05, 0) is 54.4 Å². The van der Waals surface area contributed by atoms with Gasteiger partial charge in [0, 0.05) is 17.3 Å². The van der Waals surface area contributed by atoms with E-state index in [1.54, 1.807) is 12.1 Å². The molecule has 0 aliphatic heterocycles. The SMILES string of the molecule is Cc1cc(-c2cccnc2-c2cc(F)cc(S(N)(=O)=O)c2)ccc1OC(F)(F)F. The molecule has 2 aromatic carbocycles. The Morgan fingerprint density at radius 2 is 1.76 bits per heavy atom. The summed E-state index contributed by atoms with van der Waals surface area (Å²) in [6.45, 7) is 1.45. The van der Waals surface area contributed by atoms with Crippen LogP contribution in [0, 0.1) is 12.7 Å². The minimum atomic E-state index is -4.82. The van der Waals surface area contributed by atoms with E-state index in [-0.39, 0.29) is 22.6 Å². The average molecular weight is 426 g/mol. The number of benzene rings is 2. The van der Waals surface area contributed by atoms with E-state index >= 15 is 0 Å². The molecule has 0 radical (unpaired) electrons. The molecule has 3 aromatic rings. The summed E-state index contributed by atoms with van der Waals surface area (Å²) in [4.78, 5) is 3.77. The summed E-state index contributed by atoms with van der Waals surface area (Å²) in [5.41, 5.74) is 1.56. The highest BCUT2D eigenvalue weighted by molar-refractivity contribution is 7.89. The normalized spacial score (nSPS) is 12.1. The molecule has 0 saturated heterocycles. The number of aryl methyl sites for hydroxylation is 1. The van der Waals surface area contributed by atoms with Crippen molar-refractivity contribution in [2.24, 2.45) is 5.14 Å². The van der Waals surface area contributed by atoms with Crippen molar-refractivity contribution in [2.45, 2.75) is 18.2 Å². The standard InChI is InChI=1S/C19H14F4N2O3S/c1-11-7-12(4-5-17(11)28-19(21,22)23)16-3-2-6-25-18(16)13-8-14(20)10-15(9-13)29(24,26)27/h2-10H,1H3,(H2,24,26,27). The maximum atomic E-state index is 14.0. The topological polar surface area (TPSA) is 82.3 Å². The Hall–Kier alpha value is -2.98. The molecule has 3 rings (SSSR count). The minimum absolute atomic E-state index is 0.151. The third-order valence-electron chi connectivity index (χ3n) is 3.99. The molecule has 0 amide bonds. The van der Waals surface area contributed by atoms with Crippen LogP contribution in [0.4, 0.5) is 17.6 Å². The van der Waals surface area contributed by atoms with Crippen LogP contribution in [0.5, 0.6) is 5.75 Å². The highest BCUT2D eigenvalue weighted by Crippen LogP contribution is 2.35. The van der Waals surface area contributed by atoms with Gasteiger partial charge in [-0.25, -0.2) is 17.9 Å². The molecule has 0 unspecified atom stereocenters. The quantitative estimate of drug-likeness (QED) is 0.627. The third-order valence-corrected chi connectivity index (χ3v) is 4.89. The van der Waals surface area contributed by atoms with Crippen molar-refractivity contribution >= 4 is 10.0 Å². The number of hydrogen-bond donors (Lipinski definition) is 1. The summed E-state index contributed by atoms with van der Waals surface area (Å²) in [5, 5.41) is 5.09. The first-order valence-corrected chi connectivity index (χ1v) is 9.64. The molecule has 2 N–H and O–H groups in total. The third kappa shape index (κ3) is 4.90. The molecule has 0 atom stereocenters.